The highest BCUT2D eigenvalue weighted by atomic mass is 35.5. The van der Waals surface area contributed by atoms with Gasteiger partial charge in [0.05, 0.1) is 12.3 Å². The lowest BCUT2D eigenvalue weighted by Gasteiger charge is -2.33. The van der Waals surface area contributed by atoms with Crippen LogP contribution in [0, 0.1) is 12.8 Å². The standard InChI is InChI=1S/C19H22ClN3O2/c1-13-8-15(20)5-6-17(13)19(24)14-4-3-7-23(10-14)18-9-16(11-25-2)21-12-22-18/h5-6,8-9,12,14H,3-4,7,10-11H2,1-2H3/t14-/m1/s1. The van der Waals surface area contributed by atoms with Crippen LogP contribution in [-0.4, -0.2) is 36.0 Å². The molecular weight excluding hydrogens is 338 g/mol. The summed E-state index contributed by atoms with van der Waals surface area (Å²) in [5.74, 6) is 1.01. The number of carbonyl (C=O) groups excluding carboxylic acids is 1. The van der Waals surface area contributed by atoms with Gasteiger partial charge in [-0.15, -0.1) is 0 Å². The Bertz CT molecular complexity index is 766. The van der Waals surface area contributed by atoms with Crippen molar-refractivity contribution in [2.45, 2.75) is 26.4 Å². The van der Waals surface area contributed by atoms with Crippen LogP contribution in [0.15, 0.2) is 30.6 Å². The van der Waals surface area contributed by atoms with Crippen molar-refractivity contribution in [3.63, 3.8) is 0 Å². The van der Waals surface area contributed by atoms with Crippen molar-refractivity contribution in [2.24, 2.45) is 5.92 Å². The van der Waals surface area contributed by atoms with Gasteiger partial charge < -0.3 is 9.64 Å². The molecule has 0 amide bonds. The highest BCUT2D eigenvalue weighted by Gasteiger charge is 2.28. The summed E-state index contributed by atoms with van der Waals surface area (Å²) in [6.45, 7) is 3.95. The molecule has 25 heavy (non-hydrogen) atoms. The van der Waals surface area contributed by atoms with Crippen molar-refractivity contribution in [3.05, 3.63) is 52.4 Å². The average Bonchev–Trinajstić information content (AvgIpc) is 2.62. The molecule has 0 saturated carbocycles. The molecule has 0 spiro atoms. The number of hydrogen-bond donors (Lipinski definition) is 0. The van der Waals surface area contributed by atoms with E-state index in [0.717, 1.165) is 42.0 Å². The molecule has 0 bridgehead atoms. The van der Waals surface area contributed by atoms with E-state index < -0.39 is 0 Å². The quantitative estimate of drug-likeness (QED) is 0.762. The fourth-order valence-corrected chi connectivity index (χ4v) is 3.53. The number of benzene rings is 1. The molecule has 1 aliphatic rings. The van der Waals surface area contributed by atoms with Gasteiger partial charge in [-0.2, -0.15) is 0 Å². The number of nitrogens with zero attached hydrogens (tertiary/aromatic N) is 3. The van der Waals surface area contributed by atoms with Gasteiger partial charge >= 0.3 is 0 Å². The largest absolute Gasteiger partial charge is 0.378 e. The van der Waals surface area contributed by atoms with Crippen LogP contribution in [0.3, 0.4) is 0 Å². The van der Waals surface area contributed by atoms with Crippen LogP contribution in [0.2, 0.25) is 5.02 Å². The number of methoxy groups -OCH3 is 1. The van der Waals surface area contributed by atoms with Gasteiger partial charge in [-0.25, -0.2) is 9.97 Å². The number of rotatable bonds is 5. The maximum Gasteiger partial charge on any atom is 0.167 e. The summed E-state index contributed by atoms with van der Waals surface area (Å²) in [7, 11) is 1.64. The molecule has 1 saturated heterocycles. The fraction of sp³-hybridized carbons (Fsp3) is 0.421. The van der Waals surface area contributed by atoms with Crippen LogP contribution < -0.4 is 4.90 Å². The van der Waals surface area contributed by atoms with Crippen LogP contribution in [0.4, 0.5) is 5.82 Å². The number of carbonyl (C=O) groups is 1. The molecule has 1 fully saturated rings. The molecular formula is C19H22ClN3O2. The van der Waals surface area contributed by atoms with Gasteiger partial charge in [0.25, 0.3) is 0 Å². The maximum absolute atomic E-state index is 13.0. The Morgan fingerprint density at radius 1 is 1.36 bits per heavy atom. The van der Waals surface area contributed by atoms with Gasteiger partial charge in [0.2, 0.25) is 0 Å². The van der Waals surface area contributed by atoms with Crippen molar-refractivity contribution in [3.8, 4) is 0 Å². The van der Waals surface area contributed by atoms with E-state index in [4.69, 9.17) is 16.3 Å². The van der Waals surface area contributed by atoms with Crippen LogP contribution in [0.25, 0.3) is 0 Å². The van der Waals surface area contributed by atoms with Gasteiger partial charge in [-0.05, 0) is 43.5 Å². The highest BCUT2D eigenvalue weighted by Crippen LogP contribution is 2.26. The SMILES string of the molecule is COCc1cc(N2CCC[C@@H](C(=O)c3ccc(Cl)cc3C)C2)ncn1. The topological polar surface area (TPSA) is 55.3 Å². The predicted octanol–water partition coefficient (Wildman–Crippen LogP) is 3.68. The summed E-state index contributed by atoms with van der Waals surface area (Å²) in [5.41, 5.74) is 2.53. The minimum Gasteiger partial charge on any atom is -0.378 e. The molecule has 132 valence electrons. The van der Waals surface area contributed by atoms with Crippen LogP contribution in [0.1, 0.15) is 34.5 Å². The molecule has 5 nitrogen and oxygen atoms in total. The number of halogens is 1. The Morgan fingerprint density at radius 3 is 2.96 bits per heavy atom. The zero-order valence-electron chi connectivity index (χ0n) is 14.5. The lowest BCUT2D eigenvalue weighted by molar-refractivity contribution is 0.0906. The summed E-state index contributed by atoms with van der Waals surface area (Å²) in [6, 6.07) is 7.39. The van der Waals surface area contributed by atoms with Crippen molar-refractivity contribution < 1.29 is 9.53 Å². The molecule has 0 unspecified atom stereocenters. The minimum atomic E-state index is -0.0329. The Hall–Kier alpha value is -1.98. The maximum atomic E-state index is 13.0. The summed E-state index contributed by atoms with van der Waals surface area (Å²) in [4.78, 5) is 23.7. The van der Waals surface area contributed by atoms with Crippen molar-refractivity contribution in [1.82, 2.24) is 9.97 Å². The Kier molecular flexibility index (Phi) is 5.66. The molecule has 0 radical (unpaired) electrons. The first-order valence-corrected chi connectivity index (χ1v) is 8.81. The predicted molar refractivity (Wildman–Crippen MR) is 98.2 cm³/mol. The Morgan fingerprint density at radius 2 is 2.20 bits per heavy atom. The van der Waals surface area contributed by atoms with Crippen molar-refractivity contribution in [2.75, 3.05) is 25.1 Å². The van der Waals surface area contributed by atoms with Crippen LogP contribution in [0.5, 0.6) is 0 Å². The van der Waals surface area contributed by atoms with Crippen LogP contribution >= 0.6 is 11.6 Å². The van der Waals surface area contributed by atoms with E-state index >= 15 is 0 Å². The monoisotopic (exact) mass is 359 g/mol. The Labute approximate surface area is 153 Å². The number of Topliss-reactive ketones (excluding diaryl/α,β-unsaturated/α-hetero) is 1. The molecule has 0 N–H and O–H groups in total. The number of piperidine rings is 1. The van der Waals surface area contributed by atoms with Gasteiger partial charge in [0, 0.05) is 42.8 Å². The first-order valence-electron chi connectivity index (χ1n) is 8.43. The van der Waals surface area contributed by atoms with E-state index in [1.807, 2.05) is 25.1 Å². The smallest absolute Gasteiger partial charge is 0.167 e. The second-order valence-electron chi connectivity index (χ2n) is 6.41. The molecule has 1 aromatic carbocycles. The third kappa shape index (κ3) is 4.17. The number of ether oxygens (including phenoxy) is 1. The van der Waals surface area contributed by atoms with E-state index in [1.165, 1.54) is 0 Å². The Balaban J connectivity index is 1.76. The first-order chi connectivity index (χ1) is 12.1. The summed E-state index contributed by atoms with van der Waals surface area (Å²) >= 11 is 6.01. The molecule has 2 heterocycles. The minimum absolute atomic E-state index is 0.0329. The molecule has 6 heteroatoms. The summed E-state index contributed by atoms with van der Waals surface area (Å²) in [5, 5.41) is 0.658. The number of hydrogen-bond acceptors (Lipinski definition) is 5. The number of ketones is 1. The van der Waals surface area contributed by atoms with E-state index in [9.17, 15) is 4.79 Å². The van der Waals surface area contributed by atoms with E-state index in [0.29, 0.717) is 18.2 Å². The third-order valence-electron chi connectivity index (χ3n) is 4.57. The average molecular weight is 360 g/mol. The molecule has 2 aromatic rings. The molecule has 1 atom stereocenters. The lowest BCUT2D eigenvalue weighted by Crippen LogP contribution is -2.39. The fourth-order valence-electron chi connectivity index (χ4n) is 3.31. The van der Waals surface area contributed by atoms with Crippen molar-refractivity contribution >= 4 is 23.2 Å². The zero-order valence-corrected chi connectivity index (χ0v) is 15.3. The number of aromatic nitrogens is 2. The van der Waals surface area contributed by atoms with Gasteiger partial charge in [-0.1, -0.05) is 11.6 Å². The van der Waals surface area contributed by atoms with E-state index in [1.54, 1.807) is 19.5 Å². The normalized spacial score (nSPS) is 17.6. The van der Waals surface area contributed by atoms with Crippen molar-refractivity contribution in [1.29, 1.82) is 0 Å². The van der Waals surface area contributed by atoms with E-state index in [-0.39, 0.29) is 11.7 Å². The molecule has 1 aromatic heterocycles. The van der Waals surface area contributed by atoms with Crippen LogP contribution in [-0.2, 0) is 11.3 Å². The number of anilines is 1. The summed E-state index contributed by atoms with van der Waals surface area (Å²) in [6.07, 6.45) is 3.42. The second kappa shape index (κ2) is 7.93. The molecule has 3 rings (SSSR count). The van der Waals surface area contributed by atoms with Gasteiger partial charge in [0.1, 0.15) is 12.1 Å². The van der Waals surface area contributed by atoms with E-state index in [2.05, 4.69) is 14.9 Å². The number of aryl methyl sites for hydroxylation is 1. The van der Waals surface area contributed by atoms with Gasteiger partial charge in [0.15, 0.2) is 5.78 Å². The third-order valence-corrected chi connectivity index (χ3v) is 4.81. The second-order valence-corrected chi connectivity index (χ2v) is 6.85. The first kappa shape index (κ1) is 17.8. The lowest BCUT2D eigenvalue weighted by atomic mass is 9.88. The highest BCUT2D eigenvalue weighted by molar-refractivity contribution is 6.30. The van der Waals surface area contributed by atoms with Gasteiger partial charge in [-0.3, -0.25) is 4.79 Å². The summed E-state index contributed by atoms with van der Waals surface area (Å²) < 4.78 is 5.14. The molecule has 0 aliphatic carbocycles. The molecule has 1 aliphatic heterocycles. The zero-order chi connectivity index (χ0) is 17.8.